The first-order valence-electron chi connectivity index (χ1n) is 6.68. The fraction of sp³-hybridized carbons (Fsp3) is 0.188. The molecule has 0 saturated carbocycles. The Morgan fingerprint density at radius 3 is 2.52 bits per heavy atom. The number of hydrogen-bond acceptors (Lipinski definition) is 2. The summed E-state index contributed by atoms with van der Waals surface area (Å²) in [6, 6.07) is 8.89. The fourth-order valence-corrected chi connectivity index (χ4v) is 2.59. The van der Waals surface area contributed by atoms with Crippen molar-refractivity contribution >= 4 is 17.3 Å². The molecule has 1 heterocycles. The second-order valence-corrected chi connectivity index (χ2v) is 5.07. The van der Waals surface area contributed by atoms with Crippen molar-refractivity contribution in [1.82, 2.24) is 0 Å². The van der Waals surface area contributed by atoms with Crippen LogP contribution in [0.3, 0.4) is 0 Å². The van der Waals surface area contributed by atoms with Gasteiger partial charge in [-0.3, -0.25) is 4.79 Å². The number of amides is 1. The second-order valence-electron chi connectivity index (χ2n) is 5.07. The molecule has 0 aliphatic carbocycles. The highest BCUT2D eigenvalue weighted by molar-refractivity contribution is 5.96. The average Bonchev–Trinajstić information content (AvgIpc) is 2.45. The van der Waals surface area contributed by atoms with Gasteiger partial charge in [0.1, 0.15) is 11.6 Å². The lowest BCUT2D eigenvalue weighted by molar-refractivity contribution is -0.119. The molecule has 0 fully saturated rings. The zero-order valence-corrected chi connectivity index (χ0v) is 11.3. The van der Waals surface area contributed by atoms with Gasteiger partial charge in [0.15, 0.2) is 0 Å². The van der Waals surface area contributed by atoms with E-state index in [0.29, 0.717) is 24.2 Å². The zero-order valence-electron chi connectivity index (χ0n) is 11.3. The van der Waals surface area contributed by atoms with E-state index >= 15 is 0 Å². The molecule has 0 unspecified atom stereocenters. The molecule has 5 heteroatoms. The summed E-state index contributed by atoms with van der Waals surface area (Å²) >= 11 is 0. The van der Waals surface area contributed by atoms with Crippen LogP contribution in [0.2, 0.25) is 0 Å². The first kappa shape index (κ1) is 13.5. The highest BCUT2D eigenvalue weighted by Gasteiger charge is 2.26. The Labute approximate surface area is 121 Å². The largest absolute Gasteiger partial charge is 0.399 e. The number of rotatable bonds is 2. The van der Waals surface area contributed by atoms with Gasteiger partial charge >= 0.3 is 0 Å². The first-order valence-corrected chi connectivity index (χ1v) is 6.68. The van der Waals surface area contributed by atoms with Gasteiger partial charge in [-0.2, -0.15) is 0 Å². The lowest BCUT2D eigenvalue weighted by Crippen LogP contribution is -2.35. The van der Waals surface area contributed by atoms with Crippen LogP contribution in [0.15, 0.2) is 36.4 Å². The topological polar surface area (TPSA) is 46.3 Å². The van der Waals surface area contributed by atoms with Crippen LogP contribution in [0.4, 0.5) is 20.2 Å². The van der Waals surface area contributed by atoms with Gasteiger partial charge in [-0.15, -0.1) is 0 Å². The summed E-state index contributed by atoms with van der Waals surface area (Å²) in [4.78, 5) is 13.5. The number of carbonyl (C=O) groups is 1. The predicted molar refractivity (Wildman–Crippen MR) is 76.7 cm³/mol. The first-order chi connectivity index (χ1) is 10.1. The highest BCUT2D eigenvalue weighted by Crippen LogP contribution is 2.31. The molecule has 2 aromatic rings. The number of nitrogen functional groups attached to an aromatic ring is 1. The van der Waals surface area contributed by atoms with E-state index in [4.69, 9.17) is 5.73 Å². The Bertz CT molecular complexity index is 695. The summed E-state index contributed by atoms with van der Waals surface area (Å²) in [7, 11) is 0. The fourth-order valence-electron chi connectivity index (χ4n) is 2.59. The minimum atomic E-state index is -0.648. The maximum atomic E-state index is 13.8. The van der Waals surface area contributed by atoms with Gasteiger partial charge in [-0.05, 0) is 42.3 Å². The van der Waals surface area contributed by atoms with E-state index < -0.39 is 11.6 Å². The zero-order chi connectivity index (χ0) is 15.0. The van der Waals surface area contributed by atoms with E-state index in [9.17, 15) is 13.6 Å². The van der Waals surface area contributed by atoms with Gasteiger partial charge in [-0.1, -0.05) is 6.07 Å². The van der Waals surface area contributed by atoms with E-state index in [1.807, 2.05) is 0 Å². The van der Waals surface area contributed by atoms with Crippen molar-refractivity contribution in [3.05, 3.63) is 59.2 Å². The number of nitrogens with two attached hydrogens (primary N) is 1. The molecule has 0 aromatic heterocycles. The van der Waals surface area contributed by atoms with Gasteiger partial charge < -0.3 is 10.6 Å². The van der Waals surface area contributed by atoms with Crippen LogP contribution < -0.4 is 10.6 Å². The number of carbonyl (C=O) groups excluding carboxylic acids is 1. The standard InChI is InChI=1S/C16H14F2N2O/c17-13-2-1-3-14(18)12(13)9-20-15-6-5-11(19)8-10(15)4-7-16(20)21/h1-3,5-6,8H,4,7,9,19H2. The normalized spacial score (nSPS) is 14.2. The molecule has 0 saturated heterocycles. The average molecular weight is 288 g/mol. The van der Waals surface area contributed by atoms with Gasteiger partial charge in [0.05, 0.1) is 6.54 Å². The van der Waals surface area contributed by atoms with Gasteiger partial charge in [-0.25, -0.2) is 8.78 Å². The molecule has 1 amide bonds. The Hall–Kier alpha value is -2.43. The van der Waals surface area contributed by atoms with Crippen LogP contribution >= 0.6 is 0 Å². The molecule has 3 rings (SSSR count). The number of anilines is 2. The number of halogens is 2. The van der Waals surface area contributed by atoms with Crippen LogP contribution in [0.25, 0.3) is 0 Å². The molecule has 2 N–H and O–H groups in total. The summed E-state index contributed by atoms with van der Waals surface area (Å²) in [5.74, 6) is -1.44. The van der Waals surface area contributed by atoms with Crippen molar-refractivity contribution in [1.29, 1.82) is 0 Å². The maximum absolute atomic E-state index is 13.8. The Morgan fingerprint density at radius 2 is 1.81 bits per heavy atom. The van der Waals surface area contributed by atoms with Gasteiger partial charge in [0.25, 0.3) is 0 Å². The summed E-state index contributed by atoms with van der Waals surface area (Å²) in [5.41, 5.74) is 7.84. The molecule has 3 nitrogen and oxygen atoms in total. The summed E-state index contributed by atoms with van der Waals surface area (Å²) in [5, 5.41) is 0. The molecule has 0 atom stereocenters. The van der Waals surface area contributed by atoms with Crippen molar-refractivity contribution in [3.63, 3.8) is 0 Å². The van der Waals surface area contributed by atoms with Crippen LogP contribution in [-0.2, 0) is 17.8 Å². The predicted octanol–water partition coefficient (Wildman–Crippen LogP) is 3.03. The lowest BCUT2D eigenvalue weighted by atomic mass is 9.99. The summed E-state index contributed by atoms with van der Waals surface area (Å²) in [6.45, 7) is -0.117. The highest BCUT2D eigenvalue weighted by atomic mass is 19.1. The number of fused-ring (bicyclic) bond motifs is 1. The summed E-state index contributed by atoms with van der Waals surface area (Å²) in [6.07, 6.45) is 0.905. The lowest BCUT2D eigenvalue weighted by Gasteiger charge is -2.30. The number of hydrogen-bond donors (Lipinski definition) is 1. The molecule has 21 heavy (non-hydrogen) atoms. The van der Waals surface area contributed by atoms with Crippen LogP contribution in [0, 0.1) is 11.6 Å². The van der Waals surface area contributed by atoms with Crippen molar-refractivity contribution in [3.8, 4) is 0 Å². The van der Waals surface area contributed by atoms with E-state index in [1.54, 1.807) is 18.2 Å². The molecule has 2 aromatic carbocycles. The van der Waals surface area contributed by atoms with Crippen LogP contribution in [-0.4, -0.2) is 5.91 Å². The van der Waals surface area contributed by atoms with Gasteiger partial charge in [0, 0.05) is 23.4 Å². The van der Waals surface area contributed by atoms with E-state index in [2.05, 4.69) is 0 Å². The van der Waals surface area contributed by atoms with E-state index in [1.165, 1.54) is 23.1 Å². The van der Waals surface area contributed by atoms with Crippen LogP contribution in [0.1, 0.15) is 17.5 Å². The molecule has 1 aliphatic rings. The number of aryl methyl sites for hydroxylation is 1. The van der Waals surface area contributed by atoms with Crippen molar-refractivity contribution in [2.24, 2.45) is 0 Å². The second kappa shape index (κ2) is 5.16. The smallest absolute Gasteiger partial charge is 0.227 e. The minimum Gasteiger partial charge on any atom is -0.399 e. The molecule has 1 aliphatic heterocycles. The number of benzene rings is 2. The van der Waals surface area contributed by atoms with Crippen molar-refractivity contribution in [2.45, 2.75) is 19.4 Å². The third-order valence-corrected chi connectivity index (χ3v) is 3.68. The molecule has 0 bridgehead atoms. The third kappa shape index (κ3) is 2.46. The SMILES string of the molecule is Nc1ccc2c(c1)CCC(=O)N2Cc1c(F)cccc1F. The van der Waals surface area contributed by atoms with Crippen molar-refractivity contribution < 1.29 is 13.6 Å². The monoisotopic (exact) mass is 288 g/mol. The molecular weight excluding hydrogens is 274 g/mol. The Kier molecular flexibility index (Phi) is 3.33. The molecule has 0 radical (unpaired) electrons. The third-order valence-electron chi connectivity index (χ3n) is 3.68. The molecule has 108 valence electrons. The minimum absolute atomic E-state index is 0.101. The quantitative estimate of drug-likeness (QED) is 0.863. The maximum Gasteiger partial charge on any atom is 0.227 e. The van der Waals surface area contributed by atoms with E-state index in [-0.39, 0.29) is 18.0 Å². The van der Waals surface area contributed by atoms with Gasteiger partial charge in [0.2, 0.25) is 5.91 Å². The van der Waals surface area contributed by atoms with Crippen LogP contribution in [0.5, 0.6) is 0 Å². The van der Waals surface area contributed by atoms with E-state index in [0.717, 1.165) is 5.56 Å². The molecule has 0 spiro atoms. The Balaban J connectivity index is 2.01. The summed E-state index contributed by atoms with van der Waals surface area (Å²) < 4.78 is 27.5. The van der Waals surface area contributed by atoms with Crippen molar-refractivity contribution in [2.75, 3.05) is 10.6 Å². The molecular formula is C16H14F2N2O. The Morgan fingerprint density at radius 1 is 1.10 bits per heavy atom. The number of nitrogens with zero attached hydrogens (tertiary/aromatic N) is 1.